The van der Waals surface area contributed by atoms with Gasteiger partial charge in [0.15, 0.2) is 5.82 Å². The standard InChI is InChI=1S/C25H25N5O3S/c1-18-9-15-22(16-10-18)34(32,33)30(3)25-23(17-26-29(25)2)24(31)28-21-13-11-20(12-14-21)27-19-7-5-4-6-8-19/h4-17,27H,1-3H3,(H,28,31). The van der Waals surface area contributed by atoms with Gasteiger partial charge in [-0.1, -0.05) is 35.9 Å². The summed E-state index contributed by atoms with van der Waals surface area (Å²) < 4.78 is 28.8. The van der Waals surface area contributed by atoms with Gasteiger partial charge < -0.3 is 10.6 Å². The number of amides is 1. The Labute approximate surface area is 198 Å². The Bertz CT molecular complexity index is 1400. The zero-order chi connectivity index (χ0) is 24.3. The number of benzene rings is 3. The molecular weight excluding hydrogens is 450 g/mol. The van der Waals surface area contributed by atoms with E-state index >= 15 is 0 Å². The van der Waals surface area contributed by atoms with Gasteiger partial charge in [-0.2, -0.15) is 5.10 Å². The van der Waals surface area contributed by atoms with Crippen LogP contribution in [0.25, 0.3) is 0 Å². The maximum Gasteiger partial charge on any atom is 0.265 e. The third-order valence-electron chi connectivity index (χ3n) is 5.33. The number of nitrogens with one attached hydrogen (secondary N) is 2. The second-order valence-electron chi connectivity index (χ2n) is 7.81. The molecular formula is C25H25N5O3S. The predicted octanol–water partition coefficient (Wildman–Crippen LogP) is 4.55. The lowest BCUT2D eigenvalue weighted by molar-refractivity contribution is 0.102. The highest BCUT2D eigenvalue weighted by atomic mass is 32.2. The summed E-state index contributed by atoms with van der Waals surface area (Å²) in [5, 5.41) is 10.2. The summed E-state index contributed by atoms with van der Waals surface area (Å²) in [5.41, 5.74) is 3.49. The molecule has 1 aromatic heterocycles. The number of hydrogen-bond donors (Lipinski definition) is 2. The van der Waals surface area contributed by atoms with Crippen molar-refractivity contribution >= 4 is 38.8 Å². The lowest BCUT2D eigenvalue weighted by Crippen LogP contribution is -2.30. The molecule has 0 aliphatic rings. The Balaban J connectivity index is 1.53. The molecule has 1 heterocycles. The molecule has 0 unspecified atom stereocenters. The zero-order valence-electron chi connectivity index (χ0n) is 19.1. The number of aryl methyl sites for hydroxylation is 2. The van der Waals surface area contributed by atoms with Gasteiger partial charge in [0.25, 0.3) is 15.9 Å². The van der Waals surface area contributed by atoms with Crippen molar-refractivity contribution in [3.05, 3.63) is 96.2 Å². The molecule has 0 saturated heterocycles. The van der Waals surface area contributed by atoms with Crippen LogP contribution in [0.1, 0.15) is 15.9 Å². The maximum atomic E-state index is 13.2. The van der Waals surface area contributed by atoms with Crippen molar-refractivity contribution in [2.24, 2.45) is 7.05 Å². The number of carbonyl (C=O) groups is 1. The van der Waals surface area contributed by atoms with Crippen LogP contribution >= 0.6 is 0 Å². The Morgan fingerprint density at radius 2 is 1.47 bits per heavy atom. The minimum absolute atomic E-state index is 0.134. The van der Waals surface area contributed by atoms with E-state index in [0.29, 0.717) is 5.69 Å². The topological polar surface area (TPSA) is 96.3 Å². The van der Waals surface area contributed by atoms with E-state index in [1.807, 2.05) is 49.4 Å². The SMILES string of the molecule is Cc1ccc(S(=O)(=O)N(C)c2c(C(=O)Nc3ccc(Nc4ccccc4)cc3)cnn2C)cc1. The van der Waals surface area contributed by atoms with Crippen LogP contribution in [-0.4, -0.2) is 31.2 Å². The number of carbonyl (C=O) groups excluding carboxylic acids is 1. The maximum absolute atomic E-state index is 13.2. The average molecular weight is 476 g/mol. The van der Waals surface area contributed by atoms with E-state index in [-0.39, 0.29) is 16.3 Å². The molecule has 0 spiro atoms. The van der Waals surface area contributed by atoms with Crippen LogP contribution in [-0.2, 0) is 17.1 Å². The van der Waals surface area contributed by atoms with Gasteiger partial charge in [-0.15, -0.1) is 0 Å². The molecule has 0 aliphatic carbocycles. The van der Waals surface area contributed by atoms with E-state index in [4.69, 9.17) is 0 Å². The van der Waals surface area contributed by atoms with Gasteiger partial charge >= 0.3 is 0 Å². The number of aromatic nitrogens is 2. The molecule has 1 amide bonds. The highest BCUT2D eigenvalue weighted by Crippen LogP contribution is 2.27. The predicted molar refractivity (Wildman–Crippen MR) is 134 cm³/mol. The first-order valence-electron chi connectivity index (χ1n) is 10.6. The van der Waals surface area contributed by atoms with E-state index in [1.54, 1.807) is 43.4 Å². The summed E-state index contributed by atoms with van der Waals surface area (Å²) in [4.78, 5) is 13.2. The minimum Gasteiger partial charge on any atom is -0.356 e. The summed E-state index contributed by atoms with van der Waals surface area (Å²) in [5.74, 6) is -0.293. The number of sulfonamides is 1. The number of hydrogen-bond acceptors (Lipinski definition) is 5. The van der Waals surface area contributed by atoms with Crippen molar-refractivity contribution in [1.29, 1.82) is 0 Å². The second-order valence-corrected chi connectivity index (χ2v) is 9.78. The van der Waals surface area contributed by atoms with Crippen LogP contribution in [0.2, 0.25) is 0 Å². The van der Waals surface area contributed by atoms with Crippen LogP contribution in [0.4, 0.5) is 22.9 Å². The summed E-state index contributed by atoms with van der Waals surface area (Å²) in [6.07, 6.45) is 1.36. The molecule has 4 rings (SSSR count). The van der Waals surface area contributed by atoms with Crippen molar-refractivity contribution < 1.29 is 13.2 Å². The molecule has 0 saturated carbocycles. The van der Waals surface area contributed by atoms with Gasteiger partial charge in [-0.3, -0.25) is 13.8 Å². The largest absolute Gasteiger partial charge is 0.356 e. The van der Waals surface area contributed by atoms with Gasteiger partial charge in [-0.05, 0) is 55.5 Å². The van der Waals surface area contributed by atoms with Crippen molar-refractivity contribution in [2.45, 2.75) is 11.8 Å². The Hall–Kier alpha value is -4.11. The molecule has 0 radical (unpaired) electrons. The Kier molecular flexibility index (Phi) is 6.38. The van der Waals surface area contributed by atoms with E-state index in [2.05, 4.69) is 15.7 Å². The van der Waals surface area contributed by atoms with Crippen LogP contribution < -0.4 is 14.9 Å². The number of para-hydroxylation sites is 1. The van der Waals surface area contributed by atoms with Crippen LogP contribution in [0.5, 0.6) is 0 Å². The lowest BCUT2D eigenvalue weighted by Gasteiger charge is -2.21. The molecule has 174 valence electrons. The first-order valence-corrected chi connectivity index (χ1v) is 12.0. The number of nitrogens with zero attached hydrogens (tertiary/aromatic N) is 3. The van der Waals surface area contributed by atoms with E-state index in [9.17, 15) is 13.2 Å². The Morgan fingerprint density at radius 1 is 0.882 bits per heavy atom. The third-order valence-corrected chi connectivity index (χ3v) is 7.10. The molecule has 3 aromatic carbocycles. The molecule has 0 bridgehead atoms. The summed E-state index contributed by atoms with van der Waals surface area (Å²) in [6, 6.07) is 23.5. The van der Waals surface area contributed by atoms with Crippen molar-refractivity contribution in [2.75, 3.05) is 22.0 Å². The fraction of sp³-hybridized carbons (Fsp3) is 0.120. The molecule has 0 fully saturated rings. The zero-order valence-corrected chi connectivity index (χ0v) is 19.9. The molecule has 8 nitrogen and oxygen atoms in total. The summed E-state index contributed by atoms with van der Waals surface area (Å²) >= 11 is 0. The van der Waals surface area contributed by atoms with Gasteiger partial charge in [-0.25, -0.2) is 8.42 Å². The highest BCUT2D eigenvalue weighted by Gasteiger charge is 2.28. The molecule has 0 aliphatic heterocycles. The number of rotatable bonds is 7. The molecule has 34 heavy (non-hydrogen) atoms. The monoisotopic (exact) mass is 475 g/mol. The number of anilines is 4. The highest BCUT2D eigenvalue weighted by molar-refractivity contribution is 7.92. The van der Waals surface area contributed by atoms with Crippen LogP contribution in [0.3, 0.4) is 0 Å². The van der Waals surface area contributed by atoms with Crippen molar-refractivity contribution in [1.82, 2.24) is 9.78 Å². The molecule has 2 N–H and O–H groups in total. The lowest BCUT2D eigenvalue weighted by atomic mass is 10.2. The van der Waals surface area contributed by atoms with Crippen LogP contribution in [0, 0.1) is 6.92 Å². The third kappa shape index (κ3) is 4.79. The van der Waals surface area contributed by atoms with Crippen molar-refractivity contribution in [3.8, 4) is 0 Å². The normalized spacial score (nSPS) is 11.1. The quantitative estimate of drug-likeness (QED) is 0.409. The van der Waals surface area contributed by atoms with Gasteiger partial charge in [0.05, 0.1) is 11.1 Å². The smallest absolute Gasteiger partial charge is 0.265 e. The van der Waals surface area contributed by atoms with Crippen molar-refractivity contribution in [3.63, 3.8) is 0 Å². The first kappa shape index (κ1) is 23.1. The molecule has 4 aromatic rings. The average Bonchev–Trinajstić information content (AvgIpc) is 3.22. The minimum atomic E-state index is -3.88. The molecule has 9 heteroatoms. The fourth-order valence-electron chi connectivity index (χ4n) is 3.47. The second kappa shape index (κ2) is 9.40. The van der Waals surface area contributed by atoms with Gasteiger partial charge in [0.2, 0.25) is 0 Å². The van der Waals surface area contributed by atoms with E-state index in [0.717, 1.165) is 21.2 Å². The van der Waals surface area contributed by atoms with Gasteiger partial charge in [0.1, 0.15) is 5.56 Å². The van der Waals surface area contributed by atoms with E-state index < -0.39 is 15.9 Å². The summed E-state index contributed by atoms with van der Waals surface area (Å²) in [6.45, 7) is 1.88. The van der Waals surface area contributed by atoms with E-state index in [1.165, 1.54) is 17.9 Å². The summed E-state index contributed by atoms with van der Waals surface area (Å²) in [7, 11) is -0.877. The first-order chi connectivity index (χ1) is 16.3. The molecule has 0 atom stereocenters. The van der Waals surface area contributed by atoms with Gasteiger partial charge in [0, 0.05) is 31.2 Å². The Morgan fingerprint density at radius 3 is 2.12 bits per heavy atom. The van der Waals surface area contributed by atoms with Crippen LogP contribution in [0.15, 0.2) is 90.0 Å². The fourth-order valence-corrected chi connectivity index (χ4v) is 4.71.